The fourth-order valence-corrected chi connectivity index (χ4v) is 2.76. The second kappa shape index (κ2) is 6.55. The number of piperidine rings is 1. The molecular weight excluding hydrogens is 236 g/mol. The highest BCUT2D eigenvalue weighted by molar-refractivity contribution is 4.83. The molecule has 1 atom stereocenters. The van der Waals surface area contributed by atoms with Crippen molar-refractivity contribution in [2.45, 2.75) is 66.0 Å². The van der Waals surface area contributed by atoms with E-state index in [1.807, 2.05) is 6.92 Å². The van der Waals surface area contributed by atoms with Crippen LogP contribution in [-0.2, 0) is 0 Å². The molecule has 1 rings (SSSR count). The minimum Gasteiger partial charge on any atom is -0.393 e. The maximum atomic E-state index is 9.64. The van der Waals surface area contributed by atoms with Gasteiger partial charge in [0.2, 0.25) is 0 Å². The lowest BCUT2D eigenvalue weighted by molar-refractivity contribution is 0.0571. The predicted molar refractivity (Wildman–Crippen MR) is 82.4 cm³/mol. The molecule has 2 N–H and O–H groups in total. The second-order valence-electron chi connectivity index (χ2n) is 8.12. The van der Waals surface area contributed by atoms with Crippen LogP contribution in [0.2, 0.25) is 0 Å². The normalized spacial score (nSPS) is 21.6. The topological polar surface area (TPSA) is 35.5 Å². The number of hydrogen-bond donors (Lipinski definition) is 2. The van der Waals surface area contributed by atoms with E-state index in [1.54, 1.807) is 0 Å². The Bertz CT molecular complexity index is 260. The van der Waals surface area contributed by atoms with E-state index < -0.39 is 0 Å². The Balaban J connectivity index is 2.34. The lowest BCUT2D eigenvalue weighted by Crippen LogP contribution is -2.48. The van der Waals surface area contributed by atoms with Crippen molar-refractivity contribution in [3.63, 3.8) is 0 Å². The van der Waals surface area contributed by atoms with Gasteiger partial charge in [-0.05, 0) is 65.0 Å². The van der Waals surface area contributed by atoms with E-state index in [4.69, 9.17) is 0 Å². The van der Waals surface area contributed by atoms with Gasteiger partial charge in [0, 0.05) is 18.6 Å². The Labute approximate surface area is 119 Å². The van der Waals surface area contributed by atoms with Gasteiger partial charge in [-0.25, -0.2) is 0 Å². The van der Waals surface area contributed by atoms with Gasteiger partial charge in [0.05, 0.1) is 6.10 Å². The number of hydrogen-bond acceptors (Lipinski definition) is 3. The molecule has 0 aromatic rings. The Morgan fingerprint density at radius 3 is 2.11 bits per heavy atom. The summed E-state index contributed by atoms with van der Waals surface area (Å²) < 4.78 is 0. The molecule has 0 spiro atoms. The van der Waals surface area contributed by atoms with Crippen molar-refractivity contribution in [3.8, 4) is 0 Å². The molecule has 0 saturated carbocycles. The molecule has 1 aliphatic heterocycles. The monoisotopic (exact) mass is 270 g/mol. The van der Waals surface area contributed by atoms with Crippen LogP contribution in [0, 0.1) is 11.3 Å². The number of likely N-dealkylation sites (tertiary alicyclic amines) is 1. The van der Waals surface area contributed by atoms with E-state index in [2.05, 4.69) is 44.8 Å². The molecule has 19 heavy (non-hydrogen) atoms. The Kier molecular flexibility index (Phi) is 5.84. The van der Waals surface area contributed by atoms with E-state index in [-0.39, 0.29) is 11.6 Å². The standard InChI is InChI=1S/C16H34N2O/c1-13(19)14-7-9-18(10-8-14)12-16(5,6)11-17-15(2,3)4/h13-14,17,19H,7-12H2,1-6H3. The molecule has 3 nitrogen and oxygen atoms in total. The third kappa shape index (κ3) is 6.73. The summed E-state index contributed by atoms with van der Waals surface area (Å²) in [5, 5.41) is 13.3. The fourth-order valence-electron chi connectivity index (χ4n) is 2.76. The van der Waals surface area contributed by atoms with Gasteiger partial charge in [-0.15, -0.1) is 0 Å². The number of aliphatic hydroxyl groups excluding tert-OH is 1. The third-order valence-electron chi connectivity index (χ3n) is 4.06. The summed E-state index contributed by atoms with van der Waals surface area (Å²) in [4.78, 5) is 2.56. The number of nitrogens with zero attached hydrogens (tertiary/aromatic N) is 1. The quantitative estimate of drug-likeness (QED) is 0.806. The van der Waals surface area contributed by atoms with Crippen LogP contribution in [0.3, 0.4) is 0 Å². The van der Waals surface area contributed by atoms with Gasteiger partial charge in [0.15, 0.2) is 0 Å². The van der Waals surface area contributed by atoms with Crippen LogP contribution in [0.15, 0.2) is 0 Å². The highest BCUT2D eigenvalue weighted by Gasteiger charge is 2.28. The molecule has 0 aromatic heterocycles. The predicted octanol–water partition coefficient (Wildman–Crippen LogP) is 2.49. The van der Waals surface area contributed by atoms with Crippen molar-refractivity contribution < 1.29 is 5.11 Å². The van der Waals surface area contributed by atoms with Gasteiger partial charge in [0.25, 0.3) is 0 Å². The minimum absolute atomic E-state index is 0.141. The van der Waals surface area contributed by atoms with Crippen LogP contribution < -0.4 is 5.32 Å². The Morgan fingerprint density at radius 2 is 1.68 bits per heavy atom. The van der Waals surface area contributed by atoms with Crippen LogP contribution in [0.5, 0.6) is 0 Å². The molecule has 1 aliphatic rings. The van der Waals surface area contributed by atoms with Crippen molar-refractivity contribution in [2.75, 3.05) is 26.2 Å². The average Bonchev–Trinajstić information content (AvgIpc) is 2.26. The zero-order chi connectivity index (χ0) is 14.7. The molecule has 1 heterocycles. The first-order valence-electron chi connectivity index (χ1n) is 7.74. The van der Waals surface area contributed by atoms with Gasteiger partial charge in [-0.3, -0.25) is 0 Å². The van der Waals surface area contributed by atoms with E-state index >= 15 is 0 Å². The Morgan fingerprint density at radius 1 is 1.16 bits per heavy atom. The van der Waals surface area contributed by atoms with Crippen LogP contribution in [-0.4, -0.2) is 47.8 Å². The first kappa shape index (κ1) is 16.9. The highest BCUT2D eigenvalue weighted by Crippen LogP contribution is 2.24. The first-order chi connectivity index (χ1) is 8.59. The summed E-state index contributed by atoms with van der Waals surface area (Å²) in [7, 11) is 0. The van der Waals surface area contributed by atoms with Crippen molar-refractivity contribution in [1.29, 1.82) is 0 Å². The molecule has 1 saturated heterocycles. The summed E-state index contributed by atoms with van der Waals surface area (Å²) in [5.74, 6) is 0.507. The first-order valence-corrected chi connectivity index (χ1v) is 7.74. The van der Waals surface area contributed by atoms with Crippen LogP contribution in [0.25, 0.3) is 0 Å². The fraction of sp³-hybridized carbons (Fsp3) is 1.00. The summed E-state index contributed by atoms with van der Waals surface area (Å²) in [6.45, 7) is 17.7. The molecule has 1 unspecified atom stereocenters. The van der Waals surface area contributed by atoms with Crippen LogP contribution in [0.1, 0.15) is 54.4 Å². The van der Waals surface area contributed by atoms with Gasteiger partial charge in [0.1, 0.15) is 0 Å². The zero-order valence-electron chi connectivity index (χ0n) is 13.8. The summed E-state index contributed by atoms with van der Waals surface area (Å²) in [6.07, 6.45) is 2.14. The maximum Gasteiger partial charge on any atom is 0.0541 e. The molecular formula is C16H34N2O. The van der Waals surface area contributed by atoms with Gasteiger partial charge in [-0.1, -0.05) is 13.8 Å². The molecule has 114 valence electrons. The van der Waals surface area contributed by atoms with Gasteiger partial charge < -0.3 is 15.3 Å². The molecule has 0 radical (unpaired) electrons. The molecule has 3 heteroatoms. The second-order valence-corrected chi connectivity index (χ2v) is 8.12. The van der Waals surface area contributed by atoms with E-state index in [0.717, 1.165) is 39.0 Å². The van der Waals surface area contributed by atoms with Crippen molar-refractivity contribution in [2.24, 2.45) is 11.3 Å². The van der Waals surface area contributed by atoms with Gasteiger partial charge >= 0.3 is 0 Å². The van der Waals surface area contributed by atoms with Crippen molar-refractivity contribution in [3.05, 3.63) is 0 Å². The highest BCUT2D eigenvalue weighted by atomic mass is 16.3. The minimum atomic E-state index is -0.141. The lowest BCUT2D eigenvalue weighted by Gasteiger charge is -2.39. The van der Waals surface area contributed by atoms with E-state index in [9.17, 15) is 5.11 Å². The van der Waals surface area contributed by atoms with Crippen LogP contribution >= 0.6 is 0 Å². The Hall–Kier alpha value is -0.120. The number of nitrogens with one attached hydrogen (secondary N) is 1. The van der Waals surface area contributed by atoms with Crippen molar-refractivity contribution in [1.82, 2.24) is 10.2 Å². The maximum absolute atomic E-state index is 9.64. The number of aliphatic hydroxyl groups is 1. The lowest BCUT2D eigenvalue weighted by atomic mass is 9.88. The number of rotatable bonds is 5. The van der Waals surface area contributed by atoms with E-state index in [0.29, 0.717) is 11.3 Å². The summed E-state index contributed by atoms with van der Waals surface area (Å²) in [6, 6.07) is 0. The SMILES string of the molecule is CC(O)C1CCN(CC(C)(C)CNC(C)(C)C)CC1. The summed E-state index contributed by atoms with van der Waals surface area (Å²) >= 11 is 0. The third-order valence-corrected chi connectivity index (χ3v) is 4.06. The van der Waals surface area contributed by atoms with Gasteiger partial charge in [-0.2, -0.15) is 0 Å². The molecule has 0 aliphatic carbocycles. The molecule has 0 bridgehead atoms. The van der Waals surface area contributed by atoms with E-state index in [1.165, 1.54) is 0 Å². The van der Waals surface area contributed by atoms with Crippen molar-refractivity contribution >= 4 is 0 Å². The van der Waals surface area contributed by atoms with Crippen LogP contribution in [0.4, 0.5) is 0 Å². The summed E-state index contributed by atoms with van der Waals surface area (Å²) in [5.41, 5.74) is 0.488. The molecule has 1 fully saturated rings. The average molecular weight is 270 g/mol. The zero-order valence-corrected chi connectivity index (χ0v) is 13.8. The largest absolute Gasteiger partial charge is 0.393 e. The molecule has 0 aromatic carbocycles. The smallest absolute Gasteiger partial charge is 0.0541 e. The molecule has 0 amide bonds.